The molecule has 1 aromatic heterocycles. The molecule has 5 nitrogen and oxygen atoms in total. The maximum absolute atomic E-state index is 12.4. The second-order valence-electron chi connectivity index (χ2n) is 6.27. The Hall–Kier alpha value is -1.85. The third-order valence-corrected chi connectivity index (χ3v) is 4.46. The maximum atomic E-state index is 12.4. The Kier molecular flexibility index (Phi) is 6.82. The van der Waals surface area contributed by atoms with E-state index >= 15 is 0 Å². The van der Waals surface area contributed by atoms with Crippen molar-refractivity contribution in [3.63, 3.8) is 0 Å². The molecule has 2 aromatic rings. The lowest BCUT2D eigenvalue weighted by atomic mass is 9.92. The number of benzene rings is 1. The van der Waals surface area contributed by atoms with Crippen molar-refractivity contribution in [3.05, 3.63) is 53.9 Å². The lowest BCUT2D eigenvalue weighted by Crippen LogP contribution is -2.42. The van der Waals surface area contributed by atoms with E-state index in [4.69, 9.17) is 0 Å². The van der Waals surface area contributed by atoms with Crippen molar-refractivity contribution in [2.45, 2.75) is 38.9 Å². The highest BCUT2D eigenvalue weighted by Crippen LogP contribution is 2.17. The average molecular weight is 349 g/mol. The molecule has 0 radical (unpaired) electrons. The number of halogens is 1. The summed E-state index contributed by atoms with van der Waals surface area (Å²) in [5, 5.41) is 10.7. The highest BCUT2D eigenvalue weighted by atomic mass is 35.5. The first-order chi connectivity index (χ1) is 11.2. The first-order valence-electron chi connectivity index (χ1n) is 8.27. The topological polar surface area (TPSA) is 59.0 Å². The van der Waals surface area contributed by atoms with Crippen LogP contribution in [0.15, 0.2) is 42.7 Å². The quantitative estimate of drug-likeness (QED) is 0.872. The van der Waals surface area contributed by atoms with Gasteiger partial charge >= 0.3 is 0 Å². The zero-order chi connectivity index (χ0) is 16.1. The summed E-state index contributed by atoms with van der Waals surface area (Å²) < 4.78 is 1.90. The van der Waals surface area contributed by atoms with Gasteiger partial charge < -0.3 is 10.6 Å². The molecule has 1 aliphatic rings. The fourth-order valence-electron chi connectivity index (χ4n) is 3.15. The van der Waals surface area contributed by atoms with Crippen molar-refractivity contribution in [1.29, 1.82) is 0 Å². The minimum absolute atomic E-state index is 0. The van der Waals surface area contributed by atoms with Crippen molar-refractivity contribution in [1.82, 2.24) is 20.4 Å². The van der Waals surface area contributed by atoms with Gasteiger partial charge in [-0.2, -0.15) is 5.10 Å². The highest BCUT2D eigenvalue weighted by Gasteiger charge is 2.24. The number of carbonyl (C=O) groups excluding carboxylic acids is 1. The predicted molar refractivity (Wildman–Crippen MR) is 97.1 cm³/mol. The molecule has 1 fully saturated rings. The maximum Gasteiger partial charge on any atom is 0.223 e. The number of hydrogen-bond donors (Lipinski definition) is 2. The molecule has 1 amide bonds. The number of hydrogen-bond acceptors (Lipinski definition) is 3. The second kappa shape index (κ2) is 8.85. The Balaban J connectivity index is 0.00000208. The second-order valence-corrected chi connectivity index (χ2v) is 6.27. The highest BCUT2D eigenvalue weighted by molar-refractivity contribution is 5.85. The van der Waals surface area contributed by atoms with Crippen molar-refractivity contribution in [3.8, 4) is 0 Å². The first-order valence-corrected chi connectivity index (χ1v) is 8.27. The van der Waals surface area contributed by atoms with Gasteiger partial charge in [0.05, 0.1) is 6.54 Å². The molecule has 6 heteroatoms. The van der Waals surface area contributed by atoms with E-state index in [1.807, 2.05) is 29.1 Å². The molecule has 0 spiro atoms. The monoisotopic (exact) mass is 348 g/mol. The summed E-state index contributed by atoms with van der Waals surface area (Å²) in [5.74, 6) is 0.303. The Labute approximate surface area is 149 Å². The van der Waals surface area contributed by atoms with Crippen LogP contribution in [-0.2, 0) is 17.9 Å². The van der Waals surface area contributed by atoms with Crippen LogP contribution in [0.2, 0.25) is 0 Å². The van der Waals surface area contributed by atoms with Crippen molar-refractivity contribution in [2.24, 2.45) is 5.92 Å². The fraction of sp³-hybridized carbons (Fsp3) is 0.444. The molecule has 1 aliphatic heterocycles. The van der Waals surface area contributed by atoms with E-state index in [0.29, 0.717) is 12.6 Å². The number of nitrogens with one attached hydrogen (secondary N) is 2. The van der Waals surface area contributed by atoms with Crippen LogP contribution in [0, 0.1) is 5.92 Å². The number of nitrogens with zero attached hydrogens (tertiary/aromatic N) is 2. The molecule has 2 N–H and O–H groups in total. The molecular weight excluding hydrogens is 324 g/mol. The molecule has 0 aliphatic carbocycles. The largest absolute Gasteiger partial charge is 0.352 e. The van der Waals surface area contributed by atoms with Gasteiger partial charge in [-0.3, -0.25) is 9.48 Å². The lowest BCUT2D eigenvalue weighted by molar-refractivity contribution is -0.126. The van der Waals surface area contributed by atoms with E-state index < -0.39 is 0 Å². The SMILES string of the molecule is C[C@H]1C[C@@H](C(=O)NCc2ccccc2Cn2cccn2)CCN1.Cl. The van der Waals surface area contributed by atoms with E-state index in [1.54, 1.807) is 6.20 Å². The van der Waals surface area contributed by atoms with Gasteiger partial charge in [0.25, 0.3) is 0 Å². The molecule has 130 valence electrons. The van der Waals surface area contributed by atoms with Crippen LogP contribution in [0.25, 0.3) is 0 Å². The third-order valence-electron chi connectivity index (χ3n) is 4.46. The molecule has 1 saturated heterocycles. The van der Waals surface area contributed by atoms with Gasteiger partial charge in [-0.1, -0.05) is 24.3 Å². The van der Waals surface area contributed by atoms with Crippen molar-refractivity contribution in [2.75, 3.05) is 6.54 Å². The van der Waals surface area contributed by atoms with Gasteiger partial charge in [0.2, 0.25) is 5.91 Å². The fourth-order valence-corrected chi connectivity index (χ4v) is 3.15. The first kappa shape index (κ1) is 18.5. The summed E-state index contributed by atoms with van der Waals surface area (Å²) in [6.07, 6.45) is 5.57. The predicted octanol–water partition coefficient (Wildman–Crippen LogP) is 2.36. The zero-order valence-corrected chi connectivity index (χ0v) is 14.8. The summed E-state index contributed by atoms with van der Waals surface area (Å²) in [6, 6.07) is 10.5. The number of rotatable bonds is 5. The van der Waals surface area contributed by atoms with Crippen LogP contribution in [0.3, 0.4) is 0 Å². The molecule has 3 rings (SSSR count). The van der Waals surface area contributed by atoms with Crippen LogP contribution >= 0.6 is 12.4 Å². The van der Waals surface area contributed by atoms with Gasteiger partial charge in [-0.25, -0.2) is 0 Å². The smallest absolute Gasteiger partial charge is 0.223 e. The molecule has 2 heterocycles. The lowest BCUT2D eigenvalue weighted by Gasteiger charge is -2.27. The Bertz CT molecular complexity index is 644. The van der Waals surface area contributed by atoms with Gasteiger partial charge in [-0.15, -0.1) is 12.4 Å². The van der Waals surface area contributed by atoms with Crippen molar-refractivity contribution >= 4 is 18.3 Å². The zero-order valence-electron chi connectivity index (χ0n) is 13.9. The molecular formula is C18H25ClN4O. The minimum atomic E-state index is 0. The van der Waals surface area contributed by atoms with E-state index in [2.05, 4.69) is 34.8 Å². The van der Waals surface area contributed by atoms with Crippen LogP contribution in [0.5, 0.6) is 0 Å². The molecule has 2 atom stereocenters. The molecule has 0 unspecified atom stereocenters. The molecule has 1 aromatic carbocycles. The third kappa shape index (κ3) is 4.82. The number of amides is 1. The van der Waals surface area contributed by atoms with Crippen LogP contribution in [0.1, 0.15) is 30.9 Å². The number of piperidine rings is 1. The summed E-state index contributed by atoms with van der Waals surface area (Å²) in [6.45, 7) is 4.37. The Morgan fingerprint density at radius 3 is 2.83 bits per heavy atom. The van der Waals surface area contributed by atoms with E-state index in [1.165, 1.54) is 5.56 Å². The van der Waals surface area contributed by atoms with E-state index in [-0.39, 0.29) is 24.2 Å². The molecule has 0 bridgehead atoms. The van der Waals surface area contributed by atoms with Crippen molar-refractivity contribution < 1.29 is 4.79 Å². The van der Waals surface area contributed by atoms with Crippen LogP contribution in [0.4, 0.5) is 0 Å². The molecule has 0 saturated carbocycles. The normalized spacial score (nSPS) is 20.2. The van der Waals surface area contributed by atoms with E-state index in [9.17, 15) is 4.79 Å². The summed E-state index contributed by atoms with van der Waals surface area (Å²) in [5.41, 5.74) is 2.34. The van der Waals surface area contributed by atoms with Gasteiger partial charge in [-0.05, 0) is 43.5 Å². The average Bonchev–Trinajstić information content (AvgIpc) is 3.07. The number of aromatic nitrogens is 2. The van der Waals surface area contributed by atoms with Gasteiger partial charge in [0.15, 0.2) is 0 Å². The Morgan fingerprint density at radius 1 is 1.33 bits per heavy atom. The van der Waals surface area contributed by atoms with Crippen LogP contribution < -0.4 is 10.6 Å². The standard InChI is InChI=1S/C18H24N4O.ClH/c1-14-11-15(7-9-19-14)18(23)20-12-16-5-2-3-6-17(16)13-22-10-4-8-21-22;/h2-6,8,10,14-15,19H,7,9,11-13H2,1H3,(H,20,23);1H/t14-,15-;/m0./s1. The molecule has 24 heavy (non-hydrogen) atoms. The summed E-state index contributed by atoms with van der Waals surface area (Å²) in [7, 11) is 0. The summed E-state index contributed by atoms with van der Waals surface area (Å²) >= 11 is 0. The number of carbonyl (C=O) groups is 1. The minimum Gasteiger partial charge on any atom is -0.352 e. The van der Waals surface area contributed by atoms with Crippen LogP contribution in [-0.4, -0.2) is 28.3 Å². The van der Waals surface area contributed by atoms with Gasteiger partial charge in [0, 0.05) is 30.9 Å². The van der Waals surface area contributed by atoms with Gasteiger partial charge in [0.1, 0.15) is 0 Å². The Morgan fingerprint density at radius 2 is 2.12 bits per heavy atom. The summed E-state index contributed by atoms with van der Waals surface area (Å²) in [4.78, 5) is 12.4. The van der Waals surface area contributed by atoms with E-state index in [0.717, 1.165) is 31.5 Å².